The summed E-state index contributed by atoms with van der Waals surface area (Å²) in [6, 6.07) is 4.38. The zero-order chi connectivity index (χ0) is 12.0. The first-order chi connectivity index (χ1) is 7.65. The van der Waals surface area contributed by atoms with Gasteiger partial charge in [-0.05, 0) is 18.2 Å². The van der Waals surface area contributed by atoms with E-state index in [1.54, 1.807) is 13.2 Å². The Labute approximate surface area is 98.7 Å². The van der Waals surface area contributed by atoms with Crippen molar-refractivity contribution in [2.75, 3.05) is 20.3 Å². The van der Waals surface area contributed by atoms with Gasteiger partial charge in [-0.2, -0.15) is 0 Å². The molecule has 1 N–H and O–H groups in total. The molecule has 0 atom stereocenters. The average Bonchev–Trinajstić information content (AvgIpc) is 2.26. The molecule has 0 saturated carbocycles. The number of rotatable bonds is 6. The topological polar surface area (TPSA) is 55.8 Å². The molecule has 5 heteroatoms. The minimum Gasteiger partial charge on any atom is -0.492 e. The Morgan fingerprint density at radius 3 is 2.75 bits per heavy atom. The quantitative estimate of drug-likeness (QED) is 0.781. The van der Waals surface area contributed by atoms with Crippen LogP contribution in [0.5, 0.6) is 5.75 Å². The Hall–Kier alpha value is -1.26. The molecule has 0 aliphatic rings. The molecule has 16 heavy (non-hydrogen) atoms. The Bertz CT molecular complexity index is 365. The standard InChI is InChI=1S/C11H13ClO4/c1-15-5-2-6-16-10-4-3-8(11(13)14)7-9(10)12/h3-4,7H,2,5-6H2,1H3,(H,13,14). The predicted molar refractivity (Wildman–Crippen MR) is 60.4 cm³/mol. The van der Waals surface area contributed by atoms with Crippen molar-refractivity contribution in [2.45, 2.75) is 6.42 Å². The summed E-state index contributed by atoms with van der Waals surface area (Å²) in [6.07, 6.45) is 0.757. The lowest BCUT2D eigenvalue weighted by atomic mass is 10.2. The van der Waals surface area contributed by atoms with Gasteiger partial charge in [0.15, 0.2) is 0 Å². The fourth-order valence-electron chi connectivity index (χ4n) is 1.14. The number of halogens is 1. The molecular weight excluding hydrogens is 232 g/mol. The maximum Gasteiger partial charge on any atom is 0.335 e. The minimum atomic E-state index is -1.01. The molecule has 88 valence electrons. The van der Waals surface area contributed by atoms with Crippen LogP contribution in [0.2, 0.25) is 5.02 Å². The van der Waals surface area contributed by atoms with Crippen molar-refractivity contribution in [1.29, 1.82) is 0 Å². The highest BCUT2D eigenvalue weighted by molar-refractivity contribution is 6.32. The van der Waals surface area contributed by atoms with Gasteiger partial charge in [-0.1, -0.05) is 11.6 Å². The highest BCUT2D eigenvalue weighted by Gasteiger charge is 2.07. The molecule has 0 unspecified atom stereocenters. The number of methoxy groups -OCH3 is 1. The summed E-state index contributed by atoms with van der Waals surface area (Å²) in [5, 5.41) is 9.03. The van der Waals surface area contributed by atoms with Crippen LogP contribution in [0.25, 0.3) is 0 Å². The monoisotopic (exact) mass is 244 g/mol. The van der Waals surface area contributed by atoms with Crippen LogP contribution in [0.15, 0.2) is 18.2 Å². The van der Waals surface area contributed by atoms with Gasteiger partial charge in [-0.15, -0.1) is 0 Å². The highest BCUT2D eigenvalue weighted by atomic mass is 35.5. The molecular formula is C11H13ClO4. The van der Waals surface area contributed by atoms with Gasteiger partial charge < -0.3 is 14.6 Å². The Morgan fingerprint density at radius 1 is 1.44 bits per heavy atom. The zero-order valence-electron chi connectivity index (χ0n) is 8.90. The maximum absolute atomic E-state index is 10.6. The second-order valence-electron chi connectivity index (χ2n) is 3.15. The molecule has 0 aliphatic heterocycles. The summed E-state index contributed by atoms with van der Waals surface area (Å²) in [4.78, 5) is 10.6. The van der Waals surface area contributed by atoms with Crippen LogP contribution < -0.4 is 4.74 Å². The first-order valence-corrected chi connectivity index (χ1v) is 5.17. The predicted octanol–water partition coefficient (Wildman–Crippen LogP) is 2.45. The molecule has 1 aromatic rings. The minimum absolute atomic E-state index is 0.147. The summed E-state index contributed by atoms with van der Waals surface area (Å²) in [5.74, 6) is -0.518. The normalized spacial score (nSPS) is 10.1. The molecule has 1 aromatic carbocycles. The van der Waals surface area contributed by atoms with Gasteiger partial charge in [0.2, 0.25) is 0 Å². The van der Waals surface area contributed by atoms with Crippen molar-refractivity contribution < 1.29 is 19.4 Å². The molecule has 0 fully saturated rings. The van der Waals surface area contributed by atoms with E-state index >= 15 is 0 Å². The van der Waals surface area contributed by atoms with E-state index in [4.69, 9.17) is 26.2 Å². The lowest BCUT2D eigenvalue weighted by Crippen LogP contribution is -2.02. The van der Waals surface area contributed by atoms with Crippen LogP contribution in [0.3, 0.4) is 0 Å². The Balaban J connectivity index is 2.57. The van der Waals surface area contributed by atoms with Crippen molar-refractivity contribution in [3.05, 3.63) is 28.8 Å². The third kappa shape index (κ3) is 3.72. The van der Waals surface area contributed by atoms with Crippen molar-refractivity contribution in [3.63, 3.8) is 0 Å². The summed E-state index contributed by atoms with van der Waals surface area (Å²) >= 11 is 5.87. The lowest BCUT2D eigenvalue weighted by Gasteiger charge is -2.08. The summed E-state index contributed by atoms with van der Waals surface area (Å²) in [7, 11) is 1.62. The fraction of sp³-hybridized carbons (Fsp3) is 0.364. The number of carboxylic acids is 1. The van der Waals surface area contributed by atoms with E-state index in [0.29, 0.717) is 24.0 Å². The van der Waals surface area contributed by atoms with E-state index in [1.807, 2.05) is 0 Å². The molecule has 1 rings (SSSR count). The molecule has 4 nitrogen and oxygen atoms in total. The zero-order valence-corrected chi connectivity index (χ0v) is 9.66. The number of carboxylic acid groups (broad SMARTS) is 1. The molecule has 0 bridgehead atoms. The molecule has 0 amide bonds. The number of benzene rings is 1. The van der Waals surface area contributed by atoms with Crippen molar-refractivity contribution >= 4 is 17.6 Å². The van der Waals surface area contributed by atoms with Gasteiger partial charge in [0.25, 0.3) is 0 Å². The van der Waals surface area contributed by atoms with Crippen molar-refractivity contribution in [1.82, 2.24) is 0 Å². The van der Waals surface area contributed by atoms with Crippen LogP contribution in [0, 0.1) is 0 Å². The molecule has 0 radical (unpaired) electrons. The second-order valence-corrected chi connectivity index (χ2v) is 3.55. The van der Waals surface area contributed by atoms with Crippen LogP contribution in [0.1, 0.15) is 16.8 Å². The van der Waals surface area contributed by atoms with E-state index in [9.17, 15) is 4.79 Å². The first-order valence-electron chi connectivity index (χ1n) is 4.79. The maximum atomic E-state index is 10.6. The summed E-state index contributed by atoms with van der Waals surface area (Å²) in [5.41, 5.74) is 0.147. The van der Waals surface area contributed by atoms with Gasteiger partial charge in [0, 0.05) is 20.1 Å². The fourth-order valence-corrected chi connectivity index (χ4v) is 1.37. The summed E-state index contributed by atoms with van der Waals surface area (Å²) < 4.78 is 10.2. The third-order valence-electron chi connectivity index (χ3n) is 1.93. The number of hydrogen-bond acceptors (Lipinski definition) is 3. The van der Waals surface area contributed by atoms with E-state index in [2.05, 4.69) is 0 Å². The Morgan fingerprint density at radius 2 is 2.19 bits per heavy atom. The molecule has 0 saturated heterocycles. The molecule has 0 aliphatic carbocycles. The average molecular weight is 245 g/mol. The van der Waals surface area contributed by atoms with Gasteiger partial charge in [-0.25, -0.2) is 4.79 Å². The van der Waals surface area contributed by atoms with Crippen LogP contribution in [-0.4, -0.2) is 31.4 Å². The van der Waals surface area contributed by atoms with Crippen LogP contribution in [0.4, 0.5) is 0 Å². The van der Waals surface area contributed by atoms with Crippen LogP contribution in [-0.2, 0) is 4.74 Å². The van der Waals surface area contributed by atoms with E-state index in [0.717, 1.165) is 6.42 Å². The van der Waals surface area contributed by atoms with Gasteiger partial charge in [0.05, 0.1) is 17.2 Å². The van der Waals surface area contributed by atoms with E-state index in [1.165, 1.54) is 12.1 Å². The SMILES string of the molecule is COCCCOc1ccc(C(=O)O)cc1Cl. The van der Waals surface area contributed by atoms with Crippen LogP contribution >= 0.6 is 11.6 Å². The number of ether oxygens (including phenoxy) is 2. The summed E-state index contributed by atoms with van der Waals surface area (Å²) in [6.45, 7) is 1.10. The number of aromatic carboxylic acids is 1. The highest BCUT2D eigenvalue weighted by Crippen LogP contribution is 2.25. The number of carbonyl (C=O) groups is 1. The Kier molecular flexibility index (Phi) is 5.08. The third-order valence-corrected chi connectivity index (χ3v) is 2.22. The lowest BCUT2D eigenvalue weighted by molar-refractivity contribution is 0.0697. The number of hydrogen-bond donors (Lipinski definition) is 1. The van der Waals surface area contributed by atoms with E-state index < -0.39 is 5.97 Å². The largest absolute Gasteiger partial charge is 0.492 e. The van der Waals surface area contributed by atoms with Crippen molar-refractivity contribution in [3.8, 4) is 5.75 Å². The first kappa shape index (κ1) is 12.8. The van der Waals surface area contributed by atoms with Gasteiger partial charge in [0.1, 0.15) is 5.75 Å². The van der Waals surface area contributed by atoms with E-state index in [-0.39, 0.29) is 5.56 Å². The molecule has 0 aromatic heterocycles. The van der Waals surface area contributed by atoms with Gasteiger partial charge >= 0.3 is 5.97 Å². The molecule has 0 spiro atoms. The van der Waals surface area contributed by atoms with Gasteiger partial charge in [-0.3, -0.25) is 0 Å². The smallest absolute Gasteiger partial charge is 0.335 e. The second kappa shape index (κ2) is 6.35. The molecule has 0 heterocycles. The van der Waals surface area contributed by atoms with Crippen molar-refractivity contribution in [2.24, 2.45) is 0 Å².